The third-order valence-corrected chi connectivity index (χ3v) is 1.58. The molecule has 0 aliphatic heterocycles. The summed E-state index contributed by atoms with van der Waals surface area (Å²) in [4.78, 5) is 9.78. The number of anilines is 1. The average molecular weight is 182 g/mol. The first-order valence-electron chi connectivity index (χ1n) is 3.31. The van der Waals surface area contributed by atoms with Gasteiger partial charge in [0.25, 0.3) is 0 Å². The van der Waals surface area contributed by atoms with Gasteiger partial charge in [0.15, 0.2) is 5.15 Å². The molecule has 0 fully saturated rings. The minimum Gasteiger partial charge on any atom is -0.361 e. The first-order valence-corrected chi connectivity index (χ1v) is 3.69. The maximum absolute atomic E-state index is 5.73. The van der Waals surface area contributed by atoms with Crippen LogP contribution in [0, 0.1) is 12.3 Å². The van der Waals surface area contributed by atoms with Crippen LogP contribution in [0.1, 0.15) is 5.69 Å². The Morgan fingerprint density at radius 3 is 2.67 bits per heavy atom. The number of aromatic nitrogens is 2. The van der Waals surface area contributed by atoms with Crippen molar-refractivity contribution < 1.29 is 0 Å². The molecule has 0 N–H and O–H groups in total. The molecule has 0 atom stereocenters. The summed E-state index contributed by atoms with van der Waals surface area (Å²) >= 11 is 5.73. The number of hydrogen-bond acceptors (Lipinski definition) is 3. The van der Waals surface area contributed by atoms with Gasteiger partial charge in [0.05, 0.1) is 6.20 Å². The van der Waals surface area contributed by atoms with Gasteiger partial charge in [0.1, 0.15) is 11.5 Å². The monoisotopic (exact) mass is 181 g/mol. The van der Waals surface area contributed by atoms with Crippen molar-refractivity contribution >= 4 is 17.4 Å². The highest BCUT2D eigenvalue weighted by molar-refractivity contribution is 6.30. The quantitative estimate of drug-likeness (QED) is 0.610. The molecule has 1 heterocycles. The average Bonchev–Trinajstić information content (AvgIpc) is 2.04. The van der Waals surface area contributed by atoms with Crippen LogP contribution in [-0.4, -0.2) is 24.1 Å². The van der Waals surface area contributed by atoms with Gasteiger partial charge in [-0.05, 0) is 5.92 Å². The molecule has 0 radical (unpaired) electrons. The van der Waals surface area contributed by atoms with Crippen LogP contribution < -0.4 is 4.90 Å². The van der Waals surface area contributed by atoms with Crippen molar-refractivity contribution in [1.82, 2.24) is 9.97 Å². The van der Waals surface area contributed by atoms with E-state index >= 15 is 0 Å². The molecule has 0 saturated heterocycles. The highest BCUT2D eigenvalue weighted by Crippen LogP contribution is 2.13. The smallest absolute Gasteiger partial charge is 0.165 e. The predicted octanol–water partition coefficient (Wildman–Crippen LogP) is 1.18. The van der Waals surface area contributed by atoms with E-state index in [4.69, 9.17) is 18.0 Å². The summed E-state index contributed by atoms with van der Waals surface area (Å²) in [5, 5.41) is 0.267. The van der Waals surface area contributed by atoms with E-state index in [1.807, 2.05) is 14.1 Å². The maximum atomic E-state index is 5.73. The van der Waals surface area contributed by atoms with E-state index < -0.39 is 0 Å². The van der Waals surface area contributed by atoms with Gasteiger partial charge in [0, 0.05) is 14.1 Å². The third-order valence-electron chi connectivity index (χ3n) is 1.31. The standard InChI is InChI=1S/C8H8ClN3/c1-4-6-8(9)11-7(5-10-6)12(2)3/h1,5H,2-3H3. The summed E-state index contributed by atoms with van der Waals surface area (Å²) in [6.07, 6.45) is 6.71. The summed E-state index contributed by atoms with van der Waals surface area (Å²) < 4.78 is 0. The molecule has 62 valence electrons. The second kappa shape index (κ2) is 3.42. The van der Waals surface area contributed by atoms with Crippen LogP contribution in [0.25, 0.3) is 0 Å². The van der Waals surface area contributed by atoms with E-state index in [-0.39, 0.29) is 5.15 Å². The van der Waals surface area contributed by atoms with Crippen molar-refractivity contribution in [3.05, 3.63) is 17.0 Å². The molecule has 1 aromatic heterocycles. The SMILES string of the molecule is C#Cc1ncc(N(C)C)nc1Cl. The summed E-state index contributed by atoms with van der Waals surface area (Å²) in [6.45, 7) is 0. The van der Waals surface area contributed by atoms with Gasteiger partial charge < -0.3 is 4.90 Å². The Hall–Kier alpha value is -1.27. The lowest BCUT2D eigenvalue weighted by Crippen LogP contribution is -2.11. The first-order chi connectivity index (χ1) is 5.65. The Morgan fingerprint density at radius 2 is 2.25 bits per heavy atom. The first kappa shape index (κ1) is 8.82. The molecule has 0 aliphatic rings. The second-order valence-corrected chi connectivity index (χ2v) is 2.76. The number of halogens is 1. The number of rotatable bonds is 1. The van der Waals surface area contributed by atoms with Crippen LogP contribution in [0.4, 0.5) is 5.82 Å². The van der Waals surface area contributed by atoms with Crippen LogP contribution in [0.3, 0.4) is 0 Å². The molecule has 0 bridgehead atoms. The molecule has 1 rings (SSSR count). The Balaban J connectivity index is 3.12. The fourth-order valence-electron chi connectivity index (χ4n) is 0.670. The normalized spacial score (nSPS) is 9.17. The predicted molar refractivity (Wildman–Crippen MR) is 49.3 cm³/mol. The number of nitrogens with zero attached hydrogens (tertiary/aromatic N) is 3. The molecule has 0 aliphatic carbocycles. The van der Waals surface area contributed by atoms with Crippen LogP contribution in [0.15, 0.2) is 6.20 Å². The van der Waals surface area contributed by atoms with E-state index in [0.29, 0.717) is 11.5 Å². The van der Waals surface area contributed by atoms with E-state index in [0.717, 1.165) is 0 Å². The van der Waals surface area contributed by atoms with Crippen molar-refractivity contribution in [2.45, 2.75) is 0 Å². The summed E-state index contributed by atoms with van der Waals surface area (Å²) in [5.74, 6) is 3.03. The summed E-state index contributed by atoms with van der Waals surface area (Å²) in [5.41, 5.74) is 0.377. The maximum Gasteiger partial charge on any atom is 0.165 e. The largest absolute Gasteiger partial charge is 0.361 e. The van der Waals surface area contributed by atoms with Crippen molar-refractivity contribution in [3.8, 4) is 12.3 Å². The molecule has 3 nitrogen and oxygen atoms in total. The van der Waals surface area contributed by atoms with Crippen molar-refractivity contribution in [2.75, 3.05) is 19.0 Å². The highest BCUT2D eigenvalue weighted by Gasteiger charge is 2.03. The molecular weight excluding hydrogens is 174 g/mol. The van der Waals surface area contributed by atoms with Gasteiger partial charge in [-0.25, -0.2) is 9.97 Å². The third kappa shape index (κ3) is 1.66. The van der Waals surface area contributed by atoms with Gasteiger partial charge in [-0.15, -0.1) is 6.42 Å². The number of terminal acetylenes is 1. The van der Waals surface area contributed by atoms with Gasteiger partial charge in [-0.3, -0.25) is 0 Å². The molecule has 1 aromatic rings. The lowest BCUT2D eigenvalue weighted by atomic mass is 10.4. The summed E-state index contributed by atoms with van der Waals surface area (Å²) in [7, 11) is 3.71. The van der Waals surface area contributed by atoms with Crippen LogP contribution in [0.2, 0.25) is 5.15 Å². The van der Waals surface area contributed by atoms with Crippen LogP contribution in [0.5, 0.6) is 0 Å². The van der Waals surface area contributed by atoms with E-state index in [1.54, 1.807) is 11.1 Å². The van der Waals surface area contributed by atoms with E-state index in [2.05, 4.69) is 15.9 Å². The van der Waals surface area contributed by atoms with Gasteiger partial charge in [-0.2, -0.15) is 0 Å². The lowest BCUT2D eigenvalue weighted by Gasteiger charge is -2.10. The van der Waals surface area contributed by atoms with E-state index in [9.17, 15) is 0 Å². The molecule has 4 heteroatoms. The molecule has 0 saturated carbocycles. The Labute approximate surface area is 76.4 Å². The van der Waals surface area contributed by atoms with Crippen molar-refractivity contribution in [1.29, 1.82) is 0 Å². The Bertz CT molecular complexity index is 328. The minimum absolute atomic E-state index is 0.267. The summed E-state index contributed by atoms with van der Waals surface area (Å²) in [6, 6.07) is 0. The fourth-order valence-corrected chi connectivity index (χ4v) is 0.860. The number of hydrogen-bond donors (Lipinski definition) is 0. The zero-order valence-corrected chi connectivity index (χ0v) is 7.63. The molecule has 0 amide bonds. The lowest BCUT2D eigenvalue weighted by molar-refractivity contribution is 1.03. The zero-order valence-electron chi connectivity index (χ0n) is 6.87. The fraction of sp³-hybridized carbons (Fsp3) is 0.250. The Morgan fingerprint density at radius 1 is 1.58 bits per heavy atom. The van der Waals surface area contributed by atoms with Crippen molar-refractivity contribution in [2.24, 2.45) is 0 Å². The van der Waals surface area contributed by atoms with Crippen LogP contribution in [-0.2, 0) is 0 Å². The van der Waals surface area contributed by atoms with Crippen molar-refractivity contribution in [3.63, 3.8) is 0 Å². The zero-order chi connectivity index (χ0) is 9.14. The van der Waals surface area contributed by atoms with Gasteiger partial charge in [0.2, 0.25) is 0 Å². The van der Waals surface area contributed by atoms with Gasteiger partial charge >= 0.3 is 0 Å². The molecule has 12 heavy (non-hydrogen) atoms. The Kier molecular flexibility index (Phi) is 2.51. The molecule has 0 spiro atoms. The second-order valence-electron chi connectivity index (χ2n) is 2.41. The minimum atomic E-state index is 0.267. The van der Waals surface area contributed by atoms with Gasteiger partial charge in [-0.1, -0.05) is 11.6 Å². The molecule has 0 unspecified atom stereocenters. The topological polar surface area (TPSA) is 29.0 Å². The van der Waals surface area contributed by atoms with E-state index in [1.165, 1.54) is 0 Å². The highest BCUT2D eigenvalue weighted by atomic mass is 35.5. The van der Waals surface area contributed by atoms with Crippen LogP contribution >= 0.6 is 11.6 Å². The molecular formula is C8H8ClN3. The molecule has 0 aromatic carbocycles.